The van der Waals surface area contributed by atoms with E-state index in [1.54, 1.807) is 24.4 Å². The van der Waals surface area contributed by atoms with Crippen molar-refractivity contribution in [1.29, 1.82) is 0 Å². The topological polar surface area (TPSA) is 54.0 Å². The second-order valence-electron chi connectivity index (χ2n) is 6.12. The summed E-state index contributed by atoms with van der Waals surface area (Å²) in [6.45, 7) is 4.67. The first-order chi connectivity index (χ1) is 12.5. The van der Waals surface area contributed by atoms with Gasteiger partial charge in [0.2, 0.25) is 0 Å². The van der Waals surface area contributed by atoms with Crippen LogP contribution in [0.15, 0.2) is 60.8 Å². The molecule has 1 amide bonds. The number of rotatable bonds is 5. The number of benzene rings is 2. The molecule has 0 radical (unpaired) electrons. The number of hydrogen-bond donors (Lipinski definition) is 2. The third kappa shape index (κ3) is 4.41. The zero-order chi connectivity index (χ0) is 18.5. The fourth-order valence-corrected chi connectivity index (χ4v) is 2.85. The molecule has 26 heavy (non-hydrogen) atoms. The molecule has 0 aliphatic rings. The average Bonchev–Trinajstić information content (AvgIpc) is 2.63. The van der Waals surface area contributed by atoms with Crippen LogP contribution in [-0.4, -0.2) is 10.9 Å². The molecular formula is C21H20ClN3O. The lowest BCUT2D eigenvalue weighted by Crippen LogP contribution is -2.14. The lowest BCUT2D eigenvalue weighted by molar-refractivity contribution is 0.102. The van der Waals surface area contributed by atoms with Gasteiger partial charge in [-0.15, -0.1) is 0 Å². The van der Waals surface area contributed by atoms with Crippen LogP contribution in [0.2, 0.25) is 5.02 Å². The molecule has 2 aromatic carbocycles. The normalized spacial score (nSPS) is 10.4. The van der Waals surface area contributed by atoms with E-state index in [0.717, 1.165) is 16.9 Å². The fourth-order valence-electron chi connectivity index (χ4n) is 2.62. The predicted molar refractivity (Wildman–Crippen MR) is 107 cm³/mol. The van der Waals surface area contributed by atoms with Gasteiger partial charge in [-0.05, 0) is 60.9 Å². The maximum absolute atomic E-state index is 12.5. The minimum atomic E-state index is -0.255. The lowest BCUT2D eigenvalue weighted by atomic mass is 10.1. The highest BCUT2D eigenvalue weighted by atomic mass is 35.5. The van der Waals surface area contributed by atoms with Crippen LogP contribution in [0.4, 0.5) is 11.4 Å². The first-order valence-electron chi connectivity index (χ1n) is 8.35. The molecule has 0 fully saturated rings. The van der Waals surface area contributed by atoms with Crippen LogP contribution in [0, 0.1) is 13.8 Å². The monoisotopic (exact) mass is 365 g/mol. The Morgan fingerprint density at radius 1 is 1.04 bits per heavy atom. The molecule has 0 aliphatic carbocycles. The molecule has 3 aromatic rings. The van der Waals surface area contributed by atoms with Gasteiger partial charge in [0.05, 0.1) is 0 Å². The summed E-state index contributed by atoms with van der Waals surface area (Å²) < 4.78 is 0. The molecule has 2 N–H and O–H groups in total. The second-order valence-corrected chi connectivity index (χ2v) is 6.56. The van der Waals surface area contributed by atoms with Gasteiger partial charge in [-0.3, -0.25) is 9.78 Å². The third-order valence-electron chi connectivity index (χ3n) is 4.17. The summed E-state index contributed by atoms with van der Waals surface area (Å²) in [6, 6.07) is 17.1. The summed E-state index contributed by atoms with van der Waals surface area (Å²) >= 11 is 5.95. The van der Waals surface area contributed by atoms with Gasteiger partial charge in [0.25, 0.3) is 5.91 Å². The number of nitrogens with zero attached hydrogens (tertiary/aromatic N) is 1. The van der Waals surface area contributed by atoms with Gasteiger partial charge in [0, 0.05) is 29.1 Å². The smallest absolute Gasteiger partial charge is 0.274 e. The van der Waals surface area contributed by atoms with Crippen molar-refractivity contribution in [3.63, 3.8) is 0 Å². The summed E-state index contributed by atoms with van der Waals surface area (Å²) in [5.41, 5.74) is 5.27. The van der Waals surface area contributed by atoms with Crippen molar-refractivity contribution < 1.29 is 4.79 Å². The van der Waals surface area contributed by atoms with Crippen LogP contribution in [0.25, 0.3) is 0 Å². The van der Waals surface area contributed by atoms with Crippen molar-refractivity contribution >= 4 is 28.9 Å². The van der Waals surface area contributed by atoms with Crippen LogP contribution in [0.5, 0.6) is 0 Å². The van der Waals surface area contributed by atoms with E-state index in [9.17, 15) is 4.79 Å². The number of aromatic nitrogens is 1. The van der Waals surface area contributed by atoms with Crippen molar-refractivity contribution in [3.8, 4) is 0 Å². The maximum atomic E-state index is 12.5. The van der Waals surface area contributed by atoms with E-state index >= 15 is 0 Å². The van der Waals surface area contributed by atoms with Crippen molar-refractivity contribution in [2.24, 2.45) is 0 Å². The Bertz CT molecular complexity index is 940. The quantitative estimate of drug-likeness (QED) is 0.652. The Balaban J connectivity index is 1.70. The summed E-state index contributed by atoms with van der Waals surface area (Å²) in [4.78, 5) is 16.7. The van der Waals surface area contributed by atoms with Crippen molar-refractivity contribution in [2.75, 3.05) is 10.6 Å². The Kier molecular flexibility index (Phi) is 5.54. The summed E-state index contributed by atoms with van der Waals surface area (Å²) in [5, 5.41) is 6.86. The Morgan fingerprint density at radius 3 is 2.62 bits per heavy atom. The zero-order valence-electron chi connectivity index (χ0n) is 14.7. The number of anilines is 2. The van der Waals surface area contributed by atoms with Gasteiger partial charge < -0.3 is 10.6 Å². The van der Waals surface area contributed by atoms with Crippen LogP contribution in [0.3, 0.4) is 0 Å². The molecule has 0 saturated carbocycles. The standard InChI is InChI=1S/C21H20ClN3O/c1-14-5-3-4-6-16(14)13-24-18-9-10-23-20(12-18)21(26)25-19-8-7-17(22)11-15(19)2/h3-12H,13H2,1-2H3,(H,23,24)(H,25,26). The van der Waals surface area contributed by atoms with Crippen LogP contribution in [-0.2, 0) is 6.54 Å². The molecule has 0 bridgehead atoms. The van der Waals surface area contributed by atoms with Gasteiger partial charge >= 0.3 is 0 Å². The Labute approximate surface area is 158 Å². The minimum Gasteiger partial charge on any atom is -0.381 e. The van der Waals surface area contributed by atoms with Crippen LogP contribution < -0.4 is 10.6 Å². The number of nitrogens with one attached hydrogen (secondary N) is 2. The number of hydrogen-bond acceptors (Lipinski definition) is 3. The molecule has 0 aliphatic heterocycles. The Morgan fingerprint density at radius 2 is 1.85 bits per heavy atom. The molecule has 0 spiro atoms. The highest BCUT2D eigenvalue weighted by molar-refractivity contribution is 6.30. The van der Waals surface area contributed by atoms with Crippen molar-refractivity contribution in [2.45, 2.75) is 20.4 Å². The van der Waals surface area contributed by atoms with Crippen molar-refractivity contribution in [1.82, 2.24) is 4.98 Å². The predicted octanol–water partition coefficient (Wildman–Crippen LogP) is 5.22. The molecule has 0 saturated heterocycles. The van der Waals surface area contributed by atoms with Gasteiger partial charge in [0.15, 0.2) is 0 Å². The molecule has 0 atom stereocenters. The zero-order valence-corrected chi connectivity index (χ0v) is 15.5. The molecular weight excluding hydrogens is 346 g/mol. The third-order valence-corrected chi connectivity index (χ3v) is 4.41. The van der Waals surface area contributed by atoms with E-state index in [1.807, 2.05) is 31.2 Å². The van der Waals surface area contributed by atoms with E-state index in [4.69, 9.17) is 11.6 Å². The van der Waals surface area contributed by atoms with Crippen LogP contribution >= 0.6 is 11.6 Å². The first-order valence-corrected chi connectivity index (χ1v) is 8.72. The van der Waals surface area contributed by atoms with Gasteiger partial charge in [-0.1, -0.05) is 35.9 Å². The number of pyridine rings is 1. The SMILES string of the molecule is Cc1ccccc1CNc1ccnc(C(=O)Nc2ccc(Cl)cc2C)c1. The van der Waals surface area contributed by atoms with E-state index in [-0.39, 0.29) is 5.91 Å². The maximum Gasteiger partial charge on any atom is 0.274 e. The second kappa shape index (κ2) is 8.02. The summed E-state index contributed by atoms with van der Waals surface area (Å²) in [5.74, 6) is -0.255. The number of amides is 1. The summed E-state index contributed by atoms with van der Waals surface area (Å²) in [7, 11) is 0. The number of aryl methyl sites for hydroxylation is 2. The number of carbonyl (C=O) groups is 1. The molecule has 4 nitrogen and oxygen atoms in total. The molecule has 3 rings (SSSR count). The lowest BCUT2D eigenvalue weighted by Gasteiger charge is -2.11. The van der Waals surface area contributed by atoms with Crippen molar-refractivity contribution in [3.05, 3.63) is 88.2 Å². The van der Waals surface area contributed by atoms with E-state index in [2.05, 4.69) is 34.7 Å². The molecule has 1 heterocycles. The van der Waals surface area contributed by atoms with E-state index in [1.165, 1.54) is 11.1 Å². The molecule has 0 unspecified atom stereocenters. The first kappa shape index (κ1) is 18.0. The average molecular weight is 366 g/mol. The van der Waals surface area contributed by atoms with Gasteiger partial charge in [0.1, 0.15) is 5.69 Å². The molecule has 5 heteroatoms. The van der Waals surface area contributed by atoms with Gasteiger partial charge in [-0.25, -0.2) is 0 Å². The molecule has 132 valence electrons. The number of halogens is 1. The van der Waals surface area contributed by atoms with Crippen LogP contribution in [0.1, 0.15) is 27.2 Å². The Hall–Kier alpha value is -2.85. The fraction of sp³-hybridized carbons (Fsp3) is 0.143. The largest absolute Gasteiger partial charge is 0.381 e. The highest BCUT2D eigenvalue weighted by Crippen LogP contribution is 2.20. The summed E-state index contributed by atoms with van der Waals surface area (Å²) in [6.07, 6.45) is 1.63. The number of carbonyl (C=O) groups excluding carboxylic acids is 1. The minimum absolute atomic E-state index is 0.255. The highest BCUT2D eigenvalue weighted by Gasteiger charge is 2.10. The van der Waals surface area contributed by atoms with Gasteiger partial charge in [-0.2, -0.15) is 0 Å². The van der Waals surface area contributed by atoms with E-state index in [0.29, 0.717) is 17.3 Å². The molecule has 1 aromatic heterocycles. The van der Waals surface area contributed by atoms with E-state index < -0.39 is 0 Å².